The van der Waals surface area contributed by atoms with Gasteiger partial charge in [-0.3, -0.25) is 11.7 Å². The standard InChI is InChI=1S/C11H16.C5H8O.C5H8S.H4N2.H2O/c1-10(2)8-9-11-6-4-3-5-7-11;1-2-3-4-5-6;1-4(6)5-2-3-5;1-2;/h3-7,10H,8-9H2,1-2H3;2-4,6H,1,5H2;5-6H,1-3H2;1-2H2;1H2/b;4-3+;;;. The van der Waals surface area contributed by atoms with Gasteiger partial charge >= 0.3 is 0 Å². The quantitative estimate of drug-likeness (QED) is 0.260. The summed E-state index contributed by atoms with van der Waals surface area (Å²) in [7, 11) is 0. The van der Waals surface area contributed by atoms with Crippen LogP contribution < -0.4 is 11.7 Å². The van der Waals surface area contributed by atoms with Crippen LogP contribution >= 0.6 is 12.6 Å². The molecular formula is C21H38N2O2S. The van der Waals surface area contributed by atoms with Gasteiger partial charge in [0, 0.05) is 0 Å². The van der Waals surface area contributed by atoms with Crippen LogP contribution in [-0.4, -0.2) is 17.2 Å². The fourth-order valence-electron chi connectivity index (χ4n) is 1.67. The molecule has 1 aliphatic carbocycles. The van der Waals surface area contributed by atoms with Gasteiger partial charge in [-0.05, 0) is 48.0 Å². The zero-order chi connectivity index (χ0) is 19.5. The van der Waals surface area contributed by atoms with Crippen LogP contribution in [0, 0.1) is 11.8 Å². The van der Waals surface area contributed by atoms with Crippen LogP contribution in [0.4, 0.5) is 0 Å². The lowest BCUT2D eigenvalue weighted by Gasteiger charge is -2.03. The molecule has 26 heavy (non-hydrogen) atoms. The van der Waals surface area contributed by atoms with Crippen LogP contribution in [0.2, 0.25) is 0 Å². The molecule has 0 aromatic heterocycles. The van der Waals surface area contributed by atoms with E-state index < -0.39 is 0 Å². The molecule has 0 radical (unpaired) electrons. The van der Waals surface area contributed by atoms with Crippen molar-refractivity contribution in [2.24, 2.45) is 23.5 Å². The second-order valence-electron chi connectivity index (χ2n) is 6.03. The lowest BCUT2D eigenvalue weighted by molar-refractivity contribution is 0.343. The van der Waals surface area contributed by atoms with E-state index in [0.29, 0.717) is 0 Å². The van der Waals surface area contributed by atoms with Crippen molar-refractivity contribution >= 4 is 12.6 Å². The van der Waals surface area contributed by atoms with Crippen LogP contribution in [-0.2, 0) is 6.42 Å². The number of rotatable bonds is 6. The summed E-state index contributed by atoms with van der Waals surface area (Å²) in [6, 6.07) is 10.7. The Morgan fingerprint density at radius 1 is 1.27 bits per heavy atom. The van der Waals surface area contributed by atoms with E-state index in [4.69, 9.17) is 5.11 Å². The Balaban J connectivity index is -0.000000305. The molecule has 5 heteroatoms. The molecule has 7 N–H and O–H groups in total. The van der Waals surface area contributed by atoms with E-state index in [-0.39, 0.29) is 12.1 Å². The van der Waals surface area contributed by atoms with E-state index in [9.17, 15) is 0 Å². The highest BCUT2D eigenvalue weighted by molar-refractivity contribution is 7.84. The van der Waals surface area contributed by atoms with Crippen molar-refractivity contribution in [3.63, 3.8) is 0 Å². The molecule has 0 aliphatic heterocycles. The topological polar surface area (TPSA) is 104 Å². The number of hydrazine groups is 1. The zero-order valence-corrected chi connectivity index (χ0v) is 17.2. The number of aryl methyl sites for hydroxylation is 1. The summed E-state index contributed by atoms with van der Waals surface area (Å²) in [5.74, 6) is 9.59. The molecule has 2 rings (SSSR count). The van der Waals surface area contributed by atoms with Crippen LogP contribution in [0.3, 0.4) is 0 Å². The number of hydrogen-bond donors (Lipinski definition) is 4. The molecule has 0 heterocycles. The van der Waals surface area contributed by atoms with Gasteiger partial charge in [0.25, 0.3) is 0 Å². The number of hydrogen-bond acceptors (Lipinski definition) is 4. The van der Waals surface area contributed by atoms with E-state index >= 15 is 0 Å². The number of benzene rings is 1. The van der Waals surface area contributed by atoms with Crippen molar-refractivity contribution in [3.8, 4) is 0 Å². The number of nitrogens with two attached hydrogens (primary N) is 2. The van der Waals surface area contributed by atoms with Gasteiger partial charge in [0.1, 0.15) is 0 Å². The molecule has 150 valence electrons. The van der Waals surface area contributed by atoms with Gasteiger partial charge in [0.2, 0.25) is 0 Å². The van der Waals surface area contributed by atoms with Crippen molar-refractivity contribution in [1.82, 2.24) is 0 Å². The highest BCUT2D eigenvalue weighted by Gasteiger charge is 2.21. The molecule has 0 saturated heterocycles. The fourth-order valence-corrected chi connectivity index (χ4v) is 1.93. The lowest BCUT2D eigenvalue weighted by atomic mass is 10.0. The van der Waals surface area contributed by atoms with Crippen LogP contribution in [0.5, 0.6) is 0 Å². The van der Waals surface area contributed by atoms with Crippen LogP contribution in [0.25, 0.3) is 0 Å². The number of aliphatic hydroxyl groups excluding tert-OH is 1. The Morgan fingerprint density at radius 2 is 1.81 bits per heavy atom. The summed E-state index contributed by atoms with van der Waals surface area (Å²) in [6.07, 6.45) is 10.1. The van der Waals surface area contributed by atoms with Crippen molar-refractivity contribution < 1.29 is 10.6 Å². The Kier molecular flexibility index (Phi) is 24.5. The SMILES string of the molecule is C=C(S)C1CC1.C=C/C=C/CO.CC(C)CCc1ccccc1.NN.O. The summed E-state index contributed by atoms with van der Waals surface area (Å²) in [4.78, 5) is 1.06. The minimum atomic E-state index is 0. The fraction of sp³-hybridized carbons (Fsp3) is 0.429. The Morgan fingerprint density at radius 3 is 2.08 bits per heavy atom. The number of thiol groups is 1. The van der Waals surface area contributed by atoms with Gasteiger partial charge in [-0.15, -0.1) is 12.6 Å². The smallest absolute Gasteiger partial charge is 0.0615 e. The predicted octanol–water partition coefficient (Wildman–Crippen LogP) is 3.83. The molecule has 1 aliphatic rings. The molecule has 0 amide bonds. The highest BCUT2D eigenvalue weighted by atomic mass is 32.1. The second kappa shape index (κ2) is 21.7. The van der Waals surface area contributed by atoms with E-state index in [2.05, 4.69) is 81.7 Å². The minimum Gasteiger partial charge on any atom is -0.412 e. The largest absolute Gasteiger partial charge is 0.412 e. The van der Waals surface area contributed by atoms with Crippen LogP contribution in [0.15, 0.2) is 66.6 Å². The maximum atomic E-state index is 8.06. The maximum absolute atomic E-state index is 8.06. The molecule has 0 unspecified atom stereocenters. The van der Waals surface area contributed by atoms with Gasteiger partial charge in [-0.1, -0.05) is 75.6 Å². The Hall–Kier alpha value is -1.37. The van der Waals surface area contributed by atoms with Crippen molar-refractivity contribution in [2.45, 2.75) is 39.5 Å². The third kappa shape index (κ3) is 22.6. The summed E-state index contributed by atoms with van der Waals surface area (Å²) < 4.78 is 0. The molecule has 1 aromatic rings. The first-order valence-electron chi connectivity index (χ1n) is 8.64. The third-order valence-electron chi connectivity index (χ3n) is 3.28. The van der Waals surface area contributed by atoms with Gasteiger partial charge < -0.3 is 10.6 Å². The van der Waals surface area contributed by atoms with E-state index in [1.807, 2.05) is 0 Å². The number of allylic oxidation sites excluding steroid dienone is 3. The summed E-state index contributed by atoms with van der Waals surface area (Å²) in [6.45, 7) is 11.7. The molecule has 0 bridgehead atoms. The molecule has 1 saturated carbocycles. The lowest BCUT2D eigenvalue weighted by Crippen LogP contribution is -2.02. The Bertz CT molecular complexity index is 458. The summed E-state index contributed by atoms with van der Waals surface area (Å²) in [5.41, 5.74) is 1.46. The van der Waals surface area contributed by atoms with E-state index in [1.54, 1.807) is 18.2 Å². The van der Waals surface area contributed by atoms with Gasteiger partial charge in [0.05, 0.1) is 6.61 Å². The normalized spacial score (nSPS) is 11.7. The van der Waals surface area contributed by atoms with E-state index in [1.165, 1.54) is 31.2 Å². The highest BCUT2D eigenvalue weighted by Crippen LogP contribution is 2.36. The van der Waals surface area contributed by atoms with Gasteiger partial charge in [-0.25, -0.2) is 0 Å². The van der Waals surface area contributed by atoms with Crippen molar-refractivity contribution in [1.29, 1.82) is 0 Å². The summed E-state index contributed by atoms with van der Waals surface area (Å²) in [5, 5.41) is 8.06. The minimum absolute atomic E-state index is 0. The molecule has 1 fully saturated rings. The Labute approximate surface area is 165 Å². The monoisotopic (exact) mass is 382 g/mol. The molecule has 0 atom stereocenters. The maximum Gasteiger partial charge on any atom is 0.0615 e. The van der Waals surface area contributed by atoms with Crippen molar-refractivity contribution in [2.75, 3.05) is 6.61 Å². The average molecular weight is 383 g/mol. The first-order valence-corrected chi connectivity index (χ1v) is 9.09. The zero-order valence-electron chi connectivity index (χ0n) is 16.3. The number of aliphatic hydroxyl groups is 1. The summed E-state index contributed by atoms with van der Waals surface area (Å²) >= 11 is 4.06. The second-order valence-corrected chi connectivity index (χ2v) is 6.60. The molecule has 0 spiro atoms. The first-order chi connectivity index (χ1) is 12.0. The van der Waals surface area contributed by atoms with Gasteiger partial charge in [-0.2, -0.15) is 0 Å². The van der Waals surface area contributed by atoms with E-state index in [0.717, 1.165) is 16.7 Å². The molecular weight excluding hydrogens is 344 g/mol. The van der Waals surface area contributed by atoms with Gasteiger partial charge in [0.15, 0.2) is 0 Å². The third-order valence-corrected chi connectivity index (χ3v) is 3.64. The molecule has 1 aromatic carbocycles. The average Bonchev–Trinajstić information content (AvgIpc) is 3.47. The van der Waals surface area contributed by atoms with Crippen LogP contribution in [0.1, 0.15) is 38.7 Å². The van der Waals surface area contributed by atoms with Crippen molar-refractivity contribution in [3.05, 3.63) is 72.2 Å². The first kappa shape index (κ1) is 29.4. The molecule has 4 nitrogen and oxygen atoms in total. The predicted molar refractivity (Wildman–Crippen MR) is 119 cm³/mol.